The van der Waals surface area contributed by atoms with Crippen molar-refractivity contribution in [2.75, 3.05) is 25.5 Å². The van der Waals surface area contributed by atoms with E-state index in [0.29, 0.717) is 31.0 Å². The highest BCUT2D eigenvalue weighted by Gasteiger charge is 2.30. The lowest BCUT2D eigenvalue weighted by atomic mass is 10.1. The number of hydrogen-bond acceptors (Lipinski definition) is 5. The van der Waals surface area contributed by atoms with Gasteiger partial charge in [0.05, 0.1) is 17.1 Å². The van der Waals surface area contributed by atoms with Crippen LogP contribution in [0.15, 0.2) is 54.9 Å². The van der Waals surface area contributed by atoms with E-state index in [1.165, 1.54) is 0 Å². The maximum Gasteiger partial charge on any atom is 0.255 e. The Balaban J connectivity index is 1.35. The van der Waals surface area contributed by atoms with Crippen molar-refractivity contribution in [1.82, 2.24) is 19.8 Å². The second-order valence-corrected chi connectivity index (χ2v) is 7.64. The molecule has 2 amide bonds. The highest BCUT2D eigenvalue weighted by molar-refractivity contribution is 5.94. The number of nitrogens with zero attached hydrogens (tertiary/aromatic N) is 4. The molecule has 4 rings (SSSR count). The van der Waals surface area contributed by atoms with E-state index in [2.05, 4.69) is 21.4 Å². The van der Waals surface area contributed by atoms with Gasteiger partial charge in [0.15, 0.2) is 0 Å². The van der Waals surface area contributed by atoms with E-state index >= 15 is 0 Å². The van der Waals surface area contributed by atoms with Gasteiger partial charge in [0.2, 0.25) is 5.91 Å². The van der Waals surface area contributed by atoms with Crippen LogP contribution in [0.2, 0.25) is 0 Å². The lowest BCUT2D eigenvalue weighted by Crippen LogP contribution is -2.38. The quantitative estimate of drug-likeness (QED) is 0.709. The highest BCUT2D eigenvalue weighted by atomic mass is 16.2. The topological polar surface area (TPSA) is 78.4 Å². The number of hydrogen-bond donors (Lipinski definition) is 1. The van der Waals surface area contributed by atoms with Crippen LogP contribution in [0.5, 0.6) is 0 Å². The average Bonchev–Trinajstić information content (AvgIpc) is 3.27. The van der Waals surface area contributed by atoms with Gasteiger partial charge in [-0.05, 0) is 42.3 Å². The van der Waals surface area contributed by atoms with E-state index in [9.17, 15) is 9.59 Å². The summed E-state index contributed by atoms with van der Waals surface area (Å²) in [5.74, 6) is 0.693. The molecule has 2 aromatic heterocycles. The molecule has 3 aromatic rings. The lowest BCUT2D eigenvalue weighted by Gasteiger charge is -2.23. The van der Waals surface area contributed by atoms with Gasteiger partial charge in [-0.15, -0.1) is 0 Å². The molecule has 0 unspecified atom stereocenters. The van der Waals surface area contributed by atoms with Crippen LogP contribution in [-0.4, -0.2) is 57.8 Å². The fourth-order valence-electron chi connectivity index (χ4n) is 3.73. The predicted molar refractivity (Wildman–Crippen MR) is 116 cm³/mol. The number of anilines is 1. The standard InChI is InChI=1S/C23H25N5O2/c1-16(29)27(2)20-9-11-28(15-20)23(30)19-6-8-22(26-14-19)25-13-17-5-7-21-18(12-17)4-3-10-24-21/h3-8,10,12,14,20H,9,11,13,15H2,1-2H3,(H,25,26)/t20-/m0/s1. The van der Waals surface area contributed by atoms with Crippen molar-refractivity contribution in [2.24, 2.45) is 0 Å². The Kier molecular flexibility index (Phi) is 5.61. The first-order valence-electron chi connectivity index (χ1n) is 10.1. The third-order valence-electron chi connectivity index (χ3n) is 5.65. The Morgan fingerprint density at radius 1 is 1.20 bits per heavy atom. The molecule has 0 bridgehead atoms. The minimum atomic E-state index is -0.0458. The molecule has 7 nitrogen and oxygen atoms in total. The minimum Gasteiger partial charge on any atom is -0.366 e. The zero-order valence-electron chi connectivity index (χ0n) is 17.2. The SMILES string of the molecule is CC(=O)N(C)[C@H]1CCN(C(=O)c2ccc(NCc3ccc4ncccc4c3)nc2)C1. The van der Waals surface area contributed by atoms with Gasteiger partial charge in [-0.1, -0.05) is 12.1 Å². The summed E-state index contributed by atoms with van der Waals surface area (Å²) in [6.07, 6.45) is 4.20. The first-order chi connectivity index (χ1) is 14.5. The highest BCUT2D eigenvalue weighted by Crippen LogP contribution is 2.18. The molecule has 1 aliphatic heterocycles. The Labute approximate surface area is 175 Å². The van der Waals surface area contributed by atoms with Crippen molar-refractivity contribution in [3.63, 3.8) is 0 Å². The molecule has 0 radical (unpaired) electrons. The van der Waals surface area contributed by atoms with Crippen LogP contribution in [-0.2, 0) is 11.3 Å². The summed E-state index contributed by atoms with van der Waals surface area (Å²) < 4.78 is 0. The Bertz CT molecular complexity index is 1070. The largest absolute Gasteiger partial charge is 0.366 e. The number of amides is 2. The molecule has 7 heteroatoms. The van der Waals surface area contributed by atoms with Crippen molar-refractivity contribution in [3.8, 4) is 0 Å². The summed E-state index contributed by atoms with van der Waals surface area (Å²) in [6.45, 7) is 3.40. The maximum absolute atomic E-state index is 12.8. The van der Waals surface area contributed by atoms with Crippen molar-refractivity contribution in [3.05, 3.63) is 66.0 Å². The fourth-order valence-corrected chi connectivity index (χ4v) is 3.73. The molecule has 1 fully saturated rings. The smallest absolute Gasteiger partial charge is 0.255 e. The molecule has 0 saturated carbocycles. The molecule has 3 heterocycles. The first kappa shape index (κ1) is 19.8. The van der Waals surface area contributed by atoms with Crippen molar-refractivity contribution >= 4 is 28.5 Å². The first-order valence-corrected chi connectivity index (χ1v) is 10.1. The average molecular weight is 403 g/mol. The molecule has 0 spiro atoms. The third kappa shape index (κ3) is 4.25. The Hall–Kier alpha value is -3.48. The fraction of sp³-hybridized carbons (Fsp3) is 0.304. The van der Waals surface area contributed by atoms with Gasteiger partial charge in [0.1, 0.15) is 5.82 Å². The number of aromatic nitrogens is 2. The number of likely N-dealkylation sites (N-methyl/N-ethyl adjacent to an activating group) is 1. The lowest BCUT2D eigenvalue weighted by molar-refractivity contribution is -0.129. The number of fused-ring (bicyclic) bond motifs is 1. The van der Waals surface area contributed by atoms with Crippen LogP contribution in [0.4, 0.5) is 5.82 Å². The van der Waals surface area contributed by atoms with Crippen molar-refractivity contribution in [1.29, 1.82) is 0 Å². The van der Waals surface area contributed by atoms with Gasteiger partial charge in [0, 0.05) is 51.4 Å². The van der Waals surface area contributed by atoms with Gasteiger partial charge in [0.25, 0.3) is 5.91 Å². The molecular formula is C23H25N5O2. The van der Waals surface area contributed by atoms with Gasteiger partial charge < -0.3 is 15.1 Å². The predicted octanol–water partition coefficient (Wildman–Crippen LogP) is 2.93. The molecule has 1 atom stereocenters. The van der Waals surface area contributed by atoms with Gasteiger partial charge in [-0.25, -0.2) is 4.98 Å². The minimum absolute atomic E-state index is 0.0223. The third-order valence-corrected chi connectivity index (χ3v) is 5.65. The zero-order chi connectivity index (χ0) is 21.1. The van der Waals surface area contributed by atoms with Crippen LogP contribution >= 0.6 is 0 Å². The Morgan fingerprint density at radius 3 is 2.83 bits per heavy atom. The number of carbonyl (C=O) groups excluding carboxylic acids is 2. The van der Waals surface area contributed by atoms with E-state index in [1.807, 2.05) is 30.3 Å². The second kappa shape index (κ2) is 8.49. The van der Waals surface area contributed by atoms with E-state index in [4.69, 9.17) is 0 Å². The number of benzene rings is 1. The molecular weight excluding hydrogens is 378 g/mol. The molecule has 1 N–H and O–H groups in total. The summed E-state index contributed by atoms with van der Waals surface area (Å²) >= 11 is 0. The van der Waals surface area contributed by atoms with E-state index < -0.39 is 0 Å². The van der Waals surface area contributed by atoms with Gasteiger partial charge >= 0.3 is 0 Å². The van der Waals surface area contributed by atoms with Crippen molar-refractivity contribution in [2.45, 2.75) is 25.9 Å². The summed E-state index contributed by atoms with van der Waals surface area (Å²) in [5.41, 5.74) is 2.67. The molecule has 0 aliphatic carbocycles. The molecule has 1 saturated heterocycles. The molecule has 30 heavy (non-hydrogen) atoms. The number of rotatable bonds is 5. The zero-order valence-corrected chi connectivity index (χ0v) is 17.2. The van der Waals surface area contributed by atoms with Gasteiger partial charge in [-0.2, -0.15) is 0 Å². The van der Waals surface area contributed by atoms with Gasteiger partial charge in [-0.3, -0.25) is 14.6 Å². The van der Waals surface area contributed by atoms with Crippen molar-refractivity contribution < 1.29 is 9.59 Å². The van der Waals surface area contributed by atoms with E-state index in [0.717, 1.165) is 22.9 Å². The maximum atomic E-state index is 12.8. The molecule has 1 aromatic carbocycles. The summed E-state index contributed by atoms with van der Waals surface area (Å²) in [6, 6.07) is 13.8. The number of pyridine rings is 2. The number of likely N-dealkylation sites (tertiary alicyclic amines) is 1. The van der Waals surface area contributed by atoms with Crippen LogP contribution in [0.1, 0.15) is 29.3 Å². The van der Waals surface area contributed by atoms with Crippen LogP contribution < -0.4 is 5.32 Å². The summed E-state index contributed by atoms with van der Waals surface area (Å²) in [5, 5.41) is 4.40. The van der Waals surface area contributed by atoms with Crippen LogP contribution in [0.3, 0.4) is 0 Å². The molecule has 154 valence electrons. The molecule has 1 aliphatic rings. The van der Waals surface area contributed by atoms with E-state index in [1.54, 1.807) is 42.2 Å². The van der Waals surface area contributed by atoms with E-state index in [-0.39, 0.29) is 17.9 Å². The number of nitrogens with one attached hydrogen (secondary N) is 1. The summed E-state index contributed by atoms with van der Waals surface area (Å²) in [7, 11) is 1.79. The Morgan fingerprint density at radius 2 is 2.07 bits per heavy atom. The second-order valence-electron chi connectivity index (χ2n) is 7.64. The normalized spacial score (nSPS) is 15.9. The van der Waals surface area contributed by atoms with Crippen LogP contribution in [0.25, 0.3) is 10.9 Å². The number of carbonyl (C=O) groups is 2. The summed E-state index contributed by atoms with van der Waals surface area (Å²) in [4.78, 5) is 36.5. The monoisotopic (exact) mass is 403 g/mol. The van der Waals surface area contributed by atoms with Crippen LogP contribution in [0, 0.1) is 0 Å².